The predicted octanol–water partition coefficient (Wildman–Crippen LogP) is 2.88. The Labute approximate surface area is 110 Å². The molecule has 19 heavy (non-hydrogen) atoms. The third-order valence-electron chi connectivity index (χ3n) is 2.30. The minimum Gasteiger partial charge on any atom is -0.465 e. The first-order chi connectivity index (χ1) is 8.86. The van der Waals surface area contributed by atoms with Crippen LogP contribution in [0.25, 0.3) is 0 Å². The smallest absolute Gasteiger partial charge is 0.411 e. The molecule has 0 aliphatic carbocycles. The van der Waals surface area contributed by atoms with Crippen LogP contribution in [0.3, 0.4) is 0 Å². The Bertz CT molecular complexity index is 500. The van der Waals surface area contributed by atoms with Gasteiger partial charge < -0.3 is 9.47 Å². The van der Waals surface area contributed by atoms with Crippen molar-refractivity contribution >= 4 is 17.7 Å². The first-order valence-electron chi connectivity index (χ1n) is 5.71. The maximum atomic E-state index is 13.9. The van der Waals surface area contributed by atoms with E-state index in [2.05, 4.69) is 10.1 Å². The summed E-state index contributed by atoms with van der Waals surface area (Å²) in [6.45, 7) is 4.87. The second-order valence-electron chi connectivity index (χ2n) is 4.19. The number of methoxy groups -OCH3 is 1. The van der Waals surface area contributed by atoms with Crippen molar-refractivity contribution in [3.8, 4) is 0 Å². The number of nitrogens with one attached hydrogen (secondary N) is 1. The van der Waals surface area contributed by atoms with Gasteiger partial charge in [-0.25, -0.2) is 14.0 Å². The van der Waals surface area contributed by atoms with Crippen LogP contribution in [-0.4, -0.2) is 25.3 Å². The molecule has 0 bridgehead atoms. The number of halogens is 1. The summed E-state index contributed by atoms with van der Waals surface area (Å²) >= 11 is 0. The van der Waals surface area contributed by atoms with E-state index in [1.54, 1.807) is 13.8 Å². The number of aryl methyl sites for hydroxylation is 1. The predicted molar refractivity (Wildman–Crippen MR) is 67.7 cm³/mol. The standard InChI is InChI=1S/C13H16FNO4/c1-7(2)19-13(17)15-9-6-5-8(3)11(14)10(9)12(16)18-4/h5-7H,1-4H3,(H,15,17). The second-order valence-corrected chi connectivity index (χ2v) is 4.19. The average molecular weight is 269 g/mol. The molecule has 1 rings (SSSR count). The van der Waals surface area contributed by atoms with E-state index in [0.29, 0.717) is 0 Å². The second kappa shape index (κ2) is 6.17. The maximum Gasteiger partial charge on any atom is 0.411 e. The molecule has 1 N–H and O–H groups in total. The van der Waals surface area contributed by atoms with Crippen LogP contribution in [0.5, 0.6) is 0 Å². The Hall–Kier alpha value is -2.11. The lowest BCUT2D eigenvalue weighted by molar-refractivity contribution is 0.0596. The molecule has 1 aromatic carbocycles. The minimum atomic E-state index is -0.860. The van der Waals surface area contributed by atoms with Crippen LogP contribution >= 0.6 is 0 Å². The van der Waals surface area contributed by atoms with Crippen LogP contribution in [-0.2, 0) is 9.47 Å². The van der Waals surface area contributed by atoms with Gasteiger partial charge in [-0.05, 0) is 32.4 Å². The molecule has 0 saturated heterocycles. The van der Waals surface area contributed by atoms with Gasteiger partial charge >= 0.3 is 12.1 Å². The van der Waals surface area contributed by atoms with E-state index in [1.165, 1.54) is 19.1 Å². The van der Waals surface area contributed by atoms with Gasteiger partial charge in [-0.15, -0.1) is 0 Å². The number of hydrogen-bond acceptors (Lipinski definition) is 4. The monoisotopic (exact) mass is 269 g/mol. The number of carbonyl (C=O) groups is 2. The van der Waals surface area contributed by atoms with E-state index in [4.69, 9.17) is 4.74 Å². The van der Waals surface area contributed by atoms with Gasteiger partial charge in [0.2, 0.25) is 0 Å². The number of rotatable bonds is 3. The summed E-state index contributed by atoms with van der Waals surface area (Å²) in [5.74, 6) is -1.59. The highest BCUT2D eigenvalue weighted by molar-refractivity contribution is 6.00. The van der Waals surface area contributed by atoms with E-state index in [-0.39, 0.29) is 22.9 Å². The van der Waals surface area contributed by atoms with Crippen LogP contribution in [0, 0.1) is 12.7 Å². The molecule has 0 heterocycles. The lowest BCUT2D eigenvalue weighted by Crippen LogP contribution is -2.20. The van der Waals surface area contributed by atoms with Crippen molar-refractivity contribution in [2.45, 2.75) is 26.9 Å². The van der Waals surface area contributed by atoms with Gasteiger partial charge in [0.15, 0.2) is 0 Å². The number of benzene rings is 1. The van der Waals surface area contributed by atoms with Crippen molar-refractivity contribution in [2.24, 2.45) is 0 Å². The van der Waals surface area contributed by atoms with Crippen LogP contribution < -0.4 is 5.32 Å². The van der Waals surface area contributed by atoms with Crippen LogP contribution in [0.1, 0.15) is 29.8 Å². The van der Waals surface area contributed by atoms with Crippen LogP contribution in [0.4, 0.5) is 14.9 Å². The van der Waals surface area contributed by atoms with Crippen molar-refractivity contribution in [1.29, 1.82) is 0 Å². The first-order valence-corrected chi connectivity index (χ1v) is 5.71. The van der Waals surface area contributed by atoms with E-state index >= 15 is 0 Å². The Morgan fingerprint density at radius 3 is 2.47 bits per heavy atom. The van der Waals surface area contributed by atoms with Crippen molar-refractivity contribution in [3.63, 3.8) is 0 Å². The highest BCUT2D eigenvalue weighted by Gasteiger charge is 2.21. The number of ether oxygens (including phenoxy) is 2. The summed E-state index contributed by atoms with van der Waals surface area (Å²) in [5.41, 5.74) is -0.0213. The molecule has 0 saturated carbocycles. The molecule has 0 spiro atoms. The van der Waals surface area contributed by atoms with Gasteiger partial charge in [0.25, 0.3) is 0 Å². The van der Waals surface area contributed by atoms with Gasteiger partial charge in [0, 0.05) is 0 Å². The summed E-state index contributed by atoms with van der Waals surface area (Å²) in [4.78, 5) is 23.0. The molecule has 104 valence electrons. The zero-order chi connectivity index (χ0) is 14.6. The number of esters is 1. The topological polar surface area (TPSA) is 64.6 Å². The molecule has 0 unspecified atom stereocenters. The fraction of sp³-hybridized carbons (Fsp3) is 0.385. The van der Waals surface area contributed by atoms with E-state index in [9.17, 15) is 14.0 Å². The molecule has 0 aromatic heterocycles. The Balaban J connectivity index is 3.10. The Morgan fingerprint density at radius 1 is 1.32 bits per heavy atom. The molecule has 0 atom stereocenters. The SMILES string of the molecule is COC(=O)c1c(NC(=O)OC(C)C)ccc(C)c1F. The largest absolute Gasteiger partial charge is 0.465 e. The normalized spacial score (nSPS) is 10.2. The fourth-order valence-electron chi connectivity index (χ4n) is 1.44. The van der Waals surface area contributed by atoms with Gasteiger partial charge in [-0.3, -0.25) is 5.32 Å². The maximum absolute atomic E-state index is 13.9. The molecule has 0 fully saturated rings. The quantitative estimate of drug-likeness (QED) is 0.857. The summed E-state index contributed by atoms with van der Waals surface area (Å²) < 4.78 is 23.3. The van der Waals surface area contributed by atoms with Gasteiger partial charge in [0.05, 0.1) is 18.9 Å². The summed E-state index contributed by atoms with van der Waals surface area (Å²) in [6, 6.07) is 2.87. The van der Waals surface area contributed by atoms with E-state index in [0.717, 1.165) is 7.11 Å². The zero-order valence-corrected chi connectivity index (χ0v) is 11.2. The summed E-state index contributed by atoms with van der Waals surface area (Å²) in [6.07, 6.45) is -1.08. The van der Waals surface area contributed by atoms with Crippen molar-refractivity contribution in [3.05, 3.63) is 29.1 Å². The summed E-state index contributed by atoms with van der Waals surface area (Å²) in [5, 5.41) is 2.32. The molecule has 5 nitrogen and oxygen atoms in total. The first kappa shape index (κ1) is 14.9. The van der Waals surface area contributed by atoms with Gasteiger partial charge in [-0.2, -0.15) is 0 Å². The van der Waals surface area contributed by atoms with Crippen molar-refractivity contribution < 1.29 is 23.5 Å². The molecular formula is C13H16FNO4. The third kappa shape index (κ3) is 3.67. The number of amides is 1. The molecule has 1 amide bonds. The lowest BCUT2D eigenvalue weighted by atomic mass is 10.1. The lowest BCUT2D eigenvalue weighted by Gasteiger charge is -2.13. The molecule has 6 heteroatoms. The van der Waals surface area contributed by atoms with Gasteiger partial charge in [0.1, 0.15) is 11.4 Å². The third-order valence-corrected chi connectivity index (χ3v) is 2.30. The van der Waals surface area contributed by atoms with Crippen LogP contribution in [0.15, 0.2) is 12.1 Å². The average Bonchev–Trinajstić information content (AvgIpc) is 2.32. The van der Waals surface area contributed by atoms with Crippen molar-refractivity contribution in [2.75, 3.05) is 12.4 Å². The Kier molecular flexibility index (Phi) is 4.86. The van der Waals surface area contributed by atoms with Crippen molar-refractivity contribution in [1.82, 2.24) is 0 Å². The Morgan fingerprint density at radius 2 is 1.95 bits per heavy atom. The number of hydrogen-bond donors (Lipinski definition) is 1. The van der Waals surface area contributed by atoms with Crippen LogP contribution in [0.2, 0.25) is 0 Å². The summed E-state index contributed by atoms with van der Waals surface area (Å²) in [7, 11) is 1.14. The zero-order valence-electron chi connectivity index (χ0n) is 11.2. The molecule has 1 aromatic rings. The minimum absolute atomic E-state index is 0.0144. The highest BCUT2D eigenvalue weighted by atomic mass is 19.1. The molecule has 0 aliphatic heterocycles. The highest BCUT2D eigenvalue weighted by Crippen LogP contribution is 2.23. The molecule has 0 radical (unpaired) electrons. The fourth-order valence-corrected chi connectivity index (χ4v) is 1.44. The molecular weight excluding hydrogens is 253 g/mol. The molecule has 0 aliphatic rings. The van der Waals surface area contributed by atoms with E-state index < -0.39 is 17.9 Å². The van der Waals surface area contributed by atoms with E-state index in [1.807, 2.05) is 0 Å². The van der Waals surface area contributed by atoms with Gasteiger partial charge in [-0.1, -0.05) is 6.07 Å². The number of carbonyl (C=O) groups excluding carboxylic acids is 2. The number of anilines is 1.